The minimum Gasteiger partial charge on any atom is -0.462 e. The summed E-state index contributed by atoms with van der Waals surface area (Å²) in [5.41, 5.74) is 2.47. The molecule has 3 fully saturated rings. The smallest absolute Gasteiger partial charge is 0.306 e. The first-order valence-electron chi connectivity index (χ1n) is 23.1. The summed E-state index contributed by atoms with van der Waals surface area (Å²) in [5, 5.41) is 0. The number of carbonyl (C=O) groups excluding carboxylic acids is 1. The van der Waals surface area contributed by atoms with Crippen LogP contribution in [0.3, 0.4) is 0 Å². The topological polar surface area (TPSA) is 26.3 Å². The van der Waals surface area contributed by atoms with Gasteiger partial charge >= 0.3 is 5.97 Å². The van der Waals surface area contributed by atoms with Gasteiger partial charge in [-0.1, -0.05) is 158 Å². The highest BCUT2D eigenvalue weighted by atomic mass is 16.5. The molecular formula is C53H82O2. The average Bonchev–Trinajstić information content (AvgIpc) is 3.52. The van der Waals surface area contributed by atoms with Gasteiger partial charge in [0, 0.05) is 12.8 Å². The molecule has 4 aliphatic rings. The number of carbonyl (C=O) groups is 1. The lowest BCUT2D eigenvalue weighted by atomic mass is 9.47. The van der Waals surface area contributed by atoms with Crippen LogP contribution in [0.2, 0.25) is 0 Å². The molecule has 8 atom stereocenters. The predicted molar refractivity (Wildman–Crippen MR) is 239 cm³/mol. The molecule has 306 valence electrons. The quantitative estimate of drug-likeness (QED) is 0.0590. The summed E-state index contributed by atoms with van der Waals surface area (Å²) in [5.74, 6) is 5.18. The van der Waals surface area contributed by atoms with Gasteiger partial charge in [0.05, 0.1) is 0 Å². The zero-order chi connectivity index (χ0) is 39.4. The molecule has 0 aromatic heterocycles. The van der Waals surface area contributed by atoms with E-state index in [9.17, 15) is 4.79 Å². The largest absolute Gasteiger partial charge is 0.462 e. The molecule has 3 saturated carbocycles. The van der Waals surface area contributed by atoms with E-state index in [0.29, 0.717) is 17.3 Å². The minimum atomic E-state index is 0.00110. The number of hydrogen-bond acceptors (Lipinski definition) is 2. The van der Waals surface area contributed by atoms with Crippen molar-refractivity contribution in [1.82, 2.24) is 0 Å². The molecule has 0 amide bonds. The highest BCUT2D eigenvalue weighted by molar-refractivity contribution is 5.69. The molecule has 0 heterocycles. The van der Waals surface area contributed by atoms with Crippen LogP contribution in [0.25, 0.3) is 0 Å². The van der Waals surface area contributed by atoms with Crippen molar-refractivity contribution in [2.24, 2.45) is 46.3 Å². The number of ether oxygens (including phenoxy) is 1. The molecule has 0 bridgehead atoms. The molecule has 0 aromatic rings. The first kappa shape index (κ1) is 45.1. The molecule has 0 aliphatic heterocycles. The first-order valence-corrected chi connectivity index (χ1v) is 23.1. The lowest BCUT2D eigenvalue weighted by molar-refractivity contribution is -0.151. The fourth-order valence-corrected chi connectivity index (χ4v) is 11.3. The number of allylic oxidation sites excluding steroid dienone is 15. The van der Waals surface area contributed by atoms with Gasteiger partial charge in [-0.2, -0.15) is 0 Å². The van der Waals surface area contributed by atoms with Crippen LogP contribution in [0.4, 0.5) is 0 Å². The van der Waals surface area contributed by atoms with Crippen molar-refractivity contribution in [1.29, 1.82) is 0 Å². The minimum absolute atomic E-state index is 0.00110. The van der Waals surface area contributed by atoms with Crippen molar-refractivity contribution in [3.05, 3.63) is 96.7 Å². The van der Waals surface area contributed by atoms with Crippen LogP contribution in [0.1, 0.15) is 176 Å². The molecule has 0 radical (unpaired) electrons. The van der Waals surface area contributed by atoms with Gasteiger partial charge in [0.2, 0.25) is 0 Å². The molecule has 0 N–H and O–H groups in total. The van der Waals surface area contributed by atoms with Crippen LogP contribution in [-0.4, -0.2) is 12.1 Å². The van der Waals surface area contributed by atoms with Gasteiger partial charge < -0.3 is 4.74 Å². The summed E-state index contributed by atoms with van der Waals surface area (Å²) in [6, 6.07) is 0. The summed E-state index contributed by atoms with van der Waals surface area (Å²) in [6.07, 6.45) is 57.8. The second kappa shape index (κ2) is 24.2. The summed E-state index contributed by atoms with van der Waals surface area (Å²) in [4.78, 5) is 12.8. The number of hydrogen-bond donors (Lipinski definition) is 0. The standard InChI is InChI=1S/C53H82O2/c1-7-8-9-10-11-12-13-14-15-16-17-18-19-20-21-22-23-24-25-26-27-28-29-33-51(54)55-46-38-40-52(5)45(42-46)34-35-47-49-37-36-48(44(4)32-30-31-43(2)3)53(49,6)41-39-50(47)52/h8-9,11-12,14-15,17-18,20-21,23-24,26-27,34,43-44,46-50H,7,10,13,16,19,22,25,28-33,35-42H2,1-6H3/b9-8-,12-11-,15-14-,18-17-,21-20-,24-23-,27-26-. The van der Waals surface area contributed by atoms with E-state index >= 15 is 0 Å². The molecular weight excluding hydrogens is 669 g/mol. The number of fused-ring (bicyclic) bond motifs is 5. The van der Waals surface area contributed by atoms with Crippen LogP contribution in [-0.2, 0) is 9.53 Å². The molecule has 0 spiro atoms. The monoisotopic (exact) mass is 751 g/mol. The number of rotatable bonds is 23. The predicted octanol–water partition coefficient (Wildman–Crippen LogP) is 15.8. The van der Waals surface area contributed by atoms with E-state index in [1.54, 1.807) is 5.57 Å². The highest BCUT2D eigenvalue weighted by Gasteiger charge is 2.59. The van der Waals surface area contributed by atoms with Crippen LogP contribution in [0.15, 0.2) is 96.7 Å². The van der Waals surface area contributed by atoms with Crippen molar-refractivity contribution in [2.45, 2.75) is 182 Å². The average molecular weight is 751 g/mol. The molecule has 8 unspecified atom stereocenters. The lowest BCUT2D eigenvalue weighted by Gasteiger charge is -2.58. The fraction of sp³-hybridized carbons (Fsp3) is 0.679. The summed E-state index contributed by atoms with van der Waals surface area (Å²) in [7, 11) is 0. The van der Waals surface area contributed by atoms with Crippen LogP contribution in [0.5, 0.6) is 0 Å². The molecule has 2 heteroatoms. The molecule has 0 saturated heterocycles. The normalized spacial score (nSPS) is 30.5. The SMILES string of the molecule is CC/C=C\C/C=C\C/C=C\C/C=C\C/C=C\C/C=C\C/C=C\CCCC(=O)OC1CCC2(C)C(=CCC3C2CCC2(C)C(C(C)CCCC(C)C)CCC32)C1. The van der Waals surface area contributed by atoms with Crippen LogP contribution in [0, 0.1) is 46.3 Å². The third-order valence-electron chi connectivity index (χ3n) is 14.3. The Hall–Kier alpha value is -2.61. The summed E-state index contributed by atoms with van der Waals surface area (Å²) >= 11 is 0. The van der Waals surface area contributed by atoms with Crippen molar-refractivity contribution >= 4 is 5.97 Å². The Labute approximate surface area is 339 Å². The second-order valence-electron chi connectivity index (χ2n) is 18.7. The van der Waals surface area contributed by atoms with Gasteiger partial charge in [-0.05, 0) is 149 Å². The Morgan fingerprint density at radius 3 is 1.87 bits per heavy atom. The van der Waals surface area contributed by atoms with Gasteiger partial charge in [0.25, 0.3) is 0 Å². The van der Waals surface area contributed by atoms with E-state index in [1.165, 1.54) is 57.8 Å². The summed E-state index contributed by atoms with van der Waals surface area (Å²) in [6.45, 7) is 14.8. The molecule has 0 aromatic carbocycles. The maximum Gasteiger partial charge on any atom is 0.306 e. The van der Waals surface area contributed by atoms with Gasteiger partial charge in [0.15, 0.2) is 0 Å². The van der Waals surface area contributed by atoms with Gasteiger partial charge in [-0.3, -0.25) is 4.79 Å². The molecule has 55 heavy (non-hydrogen) atoms. The van der Waals surface area contributed by atoms with Crippen molar-refractivity contribution in [3.8, 4) is 0 Å². The Morgan fingerprint density at radius 1 is 0.709 bits per heavy atom. The lowest BCUT2D eigenvalue weighted by Crippen LogP contribution is -2.51. The van der Waals surface area contributed by atoms with Crippen molar-refractivity contribution in [3.63, 3.8) is 0 Å². The third-order valence-corrected chi connectivity index (χ3v) is 14.3. The third kappa shape index (κ3) is 14.1. The van der Waals surface area contributed by atoms with Gasteiger partial charge in [0.1, 0.15) is 6.10 Å². The van der Waals surface area contributed by atoms with Gasteiger partial charge in [-0.25, -0.2) is 0 Å². The van der Waals surface area contributed by atoms with E-state index in [0.717, 1.165) is 106 Å². The summed E-state index contributed by atoms with van der Waals surface area (Å²) < 4.78 is 6.11. The number of esters is 1. The Bertz CT molecular complexity index is 1370. The maximum absolute atomic E-state index is 12.8. The van der Waals surface area contributed by atoms with Crippen LogP contribution < -0.4 is 0 Å². The number of unbranched alkanes of at least 4 members (excludes halogenated alkanes) is 1. The fourth-order valence-electron chi connectivity index (χ4n) is 11.3. The van der Waals surface area contributed by atoms with E-state index in [2.05, 4.69) is 133 Å². The first-order chi connectivity index (χ1) is 26.7. The van der Waals surface area contributed by atoms with Crippen LogP contribution >= 0.6 is 0 Å². The zero-order valence-corrected chi connectivity index (χ0v) is 36.4. The molecule has 2 nitrogen and oxygen atoms in total. The highest BCUT2D eigenvalue weighted by Crippen LogP contribution is 2.67. The van der Waals surface area contributed by atoms with E-state index in [1.807, 2.05) is 0 Å². The second-order valence-corrected chi connectivity index (χ2v) is 18.7. The Kier molecular flexibility index (Phi) is 19.9. The van der Waals surface area contributed by atoms with E-state index < -0.39 is 0 Å². The molecule has 4 aliphatic carbocycles. The maximum atomic E-state index is 12.8. The van der Waals surface area contributed by atoms with Crippen molar-refractivity contribution in [2.75, 3.05) is 0 Å². The van der Waals surface area contributed by atoms with E-state index in [-0.39, 0.29) is 12.1 Å². The van der Waals surface area contributed by atoms with Gasteiger partial charge in [-0.15, -0.1) is 0 Å². The zero-order valence-electron chi connectivity index (χ0n) is 36.4. The Morgan fingerprint density at radius 2 is 1.29 bits per heavy atom. The van der Waals surface area contributed by atoms with Crippen molar-refractivity contribution < 1.29 is 9.53 Å². The molecule has 4 rings (SSSR count). The van der Waals surface area contributed by atoms with E-state index in [4.69, 9.17) is 4.74 Å². The Balaban J connectivity index is 1.06.